The largest absolute Gasteiger partial charge is 0.357 e. The highest BCUT2D eigenvalue weighted by atomic mass is 35.5. The van der Waals surface area contributed by atoms with E-state index in [9.17, 15) is 4.79 Å². The second kappa shape index (κ2) is 10.7. The summed E-state index contributed by atoms with van der Waals surface area (Å²) < 4.78 is 0. The molecule has 0 aliphatic carbocycles. The molecule has 2 N–H and O–H groups in total. The molecule has 0 radical (unpaired) electrons. The minimum Gasteiger partial charge on any atom is -0.357 e. The Bertz CT molecular complexity index is 488. The molecule has 1 aromatic rings. The van der Waals surface area contributed by atoms with E-state index in [1.54, 1.807) is 6.20 Å². The summed E-state index contributed by atoms with van der Waals surface area (Å²) in [7, 11) is 0. The van der Waals surface area contributed by atoms with Crippen LogP contribution in [-0.2, 0) is 0 Å². The number of nitrogens with one attached hydrogen (secondary N) is 2. The molecule has 0 aromatic carbocycles. The Morgan fingerprint density at radius 1 is 1.12 bits per heavy atom. The van der Waals surface area contributed by atoms with Crippen molar-refractivity contribution in [3.63, 3.8) is 0 Å². The summed E-state index contributed by atoms with van der Waals surface area (Å²) >= 11 is 0. The predicted molar refractivity (Wildman–Crippen MR) is 102 cm³/mol. The van der Waals surface area contributed by atoms with Crippen molar-refractivity contribution < 1.29 is 4.79 Å². The minimum atomic E-state index is -0.0318. The molecule has 136 valence electrons. The number of amides is 1. The molecule has 2 aliphatic rings. The Kier molecular flexibility index (Phi) is 9.36. The zero-order chi connectivity index (χ0) is 15.2. The fourth-order valence-electron chi connectivity index (χ4n) is 3.02. The molecule has 2 fully saturated rings. The minimum absolute atomic E-state index is 0. The van der Waals surface area contributed by atoms with Crippen LogP contribution < -0.4 is 15.5 Å². The second-order valence-electron chi connectivity index (χ2n) is 5.95. The molecule has 1 amide bonds. The van der Waals surface area contributed by atoms with Crippen molar-refractivity contribution in [2.24, 2.45) is 0 Å². The maximum atomic E-state index is 12.1. The first-order chi connectivity index (χ1) is 10.8. The summed E-state index contributed by atoms with van der Waals surface area (Å²) in [5.74, 6) is 0.950. The Morgan fingerprint density at radius 3 is 2.46 bits per heavy atom. The quantitative estimate of drug-likeness (QED) is 0.808. The monoisotopic (exact) mass is 375 g/mol. The molecular formula is C16H27Cl2N5O. The molecule has 3 heterocycles. The lowest BCUT2D eigenvalue weighted by atomic mass is 10.2. The van der Waals surface area contributed by atoms with Gasteiger partial charge in [0.05, 0.1) is 5.56 Å². The first-order valence-electron chi connectivity index (χ1n) is 8.25. The van der Waals surface area contributed by atoms with Gasteiger partial charge < -0.3 is 15.5 Å². The lowest BCUT2D eigenvalue weighted by molar-refractivity contribution is 0.0947. The molecule has 8 heteroatoms. The highest BCUT2D eigenvalue weighted by molar-refractivity contribution is 5.94. The first-order valence-corrected chi connectivity index (χ1v) is 8.25. The summed E-state index contributed by atoms with van der Waals surface area (Å²) in [6.07, 6.45) is 4.15. The molecule has 24 heavy (non-hydrogen) atoms. The molecule has 0 saturated carbocycles. The van der Waals surface area contributed by atoms with Gasteiger partial charge in [-0.3, -0.25) is 9.69 Å². The van der Waals surface area contributed by atoms with Gasteiger partial charge in [0, 0.05) is 58.6 Å². The van der Waals surface area contributed by atoms with E-state index in [-0.39, 0.29) is 30.7 Å². The summed E-state index contributed by atoms with van der Waals surface area (Å²) in [6.45, 7) is 7.93. The van der Waals surface area contributed by atoms with Gasteiger partial charge in [0.15, 0.2) is 0 Å². The zero-order valence-corrected chi connectivity index (χ0v) is 15.5. The molecule has 0 unspecified atom stereocenters. The molecule has 2 saturated heterocycles. The number of halogens is 2. The summed E-state index contributed by atoms with van der Waals surface area (Å²) in [4.78, 5) is 21.2. The van der Waals surface area contributed by atoms with E-state index < -0.39 is 0 Å². The van der Waals surface area contributed by atoms with Crippen molar-refractivity contribution in [3.8, 4) is 0 Å². The number of pyridine rings is 1. The Balaban J connectivity index is 0.00000144. The number of carbonyl (C=O) groups is 1. The average molecular weight is 376 g/mol. The van der Waals surface area contributed by atoms with Crippen LogP contribution in [0.15, 0.2) is 18.3 Å². The van der Waals surface area contributed by atoms with Crippen molar-refractivity contribution >= 4 is 36.5 Å². The smallest absolute Gasteiger partial charge is 0.252 e. The van der Waals surface area contributed by atoms with Crippen molar-refractivity contribution in [3.05, 3.63) is 23.9 Å². The maximum Gasteiger partial charge on any atom is 0.252 e. The maximum absolute atomic E-state index is 12.1. The van der Waals surface area contributed by atoms with E-state index in [1.165, 1.54) is 12.8 Å². The van der Waals surface area contributed by atoms with Gasteiger partial charge in [0.1, 0.15) is 5.82 Å². The highest BCUT2D eigenvalue weighted by Gasteiger charge is 2.14. The third-order valence-electron chi connectivity index (χ3n) is 4.36. The standard InChI is InChI=1S/C16H25N5O.2ClH/c22-16(18-7-12-20-10-5-17-6-11-20)14-3-4-15(19-13-14)21-8-1-2-9-21;;/h3-4,13,17H,1-2,5-12H2,(H,18,22);2*1H. The number of anilines is 1. The van der Waals surface area contributed by atoms with Gasteiger partial charge in [-0.2, -0.15) is 0 Å². The lowest BCUT2D eigenvalue weighted by Gasteiger charge is -2.27. The summed E-state index contributed by atoms with van der Waals surface area (Å²) in [5.41, 5.74) is 0.642. The van der Waals surface area contributed by atoms with Gasteiger partial charge in [0.25, 0.3) is 5.91 Å². The van der Waals surface area contributed by atoms with Crippen molar-refractivity contribution in [1.29, 1.82) is 0 Å². The second-order valence-corrected chi connectivity index (χ2v) is 5.95. The zero-order valence-electron chi connectivity index (χ0n) is 13.9. The van der Waals surface area contributed by atoms with Crippen molar-refractivity contribution in [2.45, 2.75) is 12.8 Å². The van der Waals surface area contributed by atoms with E-state index >= 15 is 0 Å². The van der Waals surface area contributed by atoms with Gasteiger partial charge in [-0.25, -0.2) is 4.98 Å². The number of piperazine rings is 1. The molecule has 6 nitrogen and oxygen atoms in total. The van der Waals surface area contributed by atoms with E-state index in [0.717, 1.165) is 51.6 Å². The van der Waals surface area contributed by atoms with Crippen LogP contribution in [0, 0.1) is 0 Å². The molecule has 0 bridgehead atoms. The summed E-state index contributed by atoms with van der Waals surface area (Å²) in [5, 5.41) is 6.31. The van der Waals surface area contributed by atoms with Crippen LogP contribution in [0.3, 0.4) is 0 Å². The molecule has 3 rings (SSSR count). The Morgan fingerprint density at radius 2 is 1.83 bits per heavy atom. The number of hydrogen-bond donors (Lipinski definition) is 2. The molecular weight excluding hydrogens is 349 g/mol. The van der Waals surface area contributed by atoms with Gasteiger partial charge in [-0.15, -0.1) is 24.8 Å². The number of nitrogens with zero attached hydrogens (tertiary/aromatic N) is 3. The van der Waals surface area contributed by atoms with Gasteiger partial charge in [-0.05, 0) is 25.0 Å². The first kappa shape index (κ1) is 21.0. The SMILES string of the molecule is Cl.Cl.O=C(NCCN1CCNCC1)c1ccc(N2CCCC2)nc1. The fourth-order valence-corrected chi connectivity index (χ4v) is 3.02. The van der Waals surface area contributed by atoms with E-state index in [4.69, 9.17) is 0 Å². The number of carbonyl (C=O) groups excluding carboxylic acids is 1. The molecule has 0 spiro atoms. The van der Waals surface area contributed by atoms with E-state index in [0.29, 0.717) is 12.1 Å². The number of rotatable bonds is 5. The number of aromatic nitrogens is 1. The Hall–Kier alpha value is -1.08. The van der Waals surface area contributed by atoms with Crippen molar-refractivity contribution in [2.75, 3.05) is 57.3 Å². The van der Waals surface area contributed by atoms with Crippen LogP contribution in [0.4, 0.5) is 5.82 Å². The molecule has 0 atom stereocenters. The molecule has 2 aliphatic heterocycles. The van der Waals surface area contributed by atoms with Crippen LogP contribution >= 0.6 is 24.8 Å². The van der Waals surface area contributed by atoms with Crippen LogP contribution in [0.25, 0.3) is 0 Å². The van der Waals surface area contributed by atoms with Crippen LogP contribution in [-0.4, -0.2) is 68.1 Å². The fraction of sp³-hybridized carbons (Fsp3) is 0.625. The molecule has 1 aromatic heterocycles. The lowest BCUT2D eigenvalue weighted by Crippen LogP contribution is -2.46. The van der Waals surface area contributed by atoms with Gasteiger partial charge in [0.2, 0.25) is 0 Å². The van der Waals surface area contributed by atoms with Gasteiger partial charge >= 0.3 is 0 Å². The topological polar surface area (TPSA) is 60.5 Å². The normalized spacial score (nSPS) is 17.8. The van der Waals surface area contributed by atoms with Crippen LogP contribution in [0.1, 0.15) is 23.2 Å². The van der Waals surface area contributed by atoms with Crippen LogP contribution in [0.2, 0.25) is 0 Å². The highest BCUT2D eigenvalue weighted by Crippen LogP contribution is 2.17. The third-order valence-corrected chi connectivity index (χ3v) is 4.36. The van der Waals surface area contributed by atoms with Crippen molar-refractivity contribution in [1.82, 2.24) is 20.5 Å². The van der Waals surface area contributed by atoms with E-state index in [2.05, 4.69) is 25.4 Å². The third kappa shape index (κ3) is 5.77. The van der Waals surface area contributed by atoms with E-state index in [1.807, 2.05) is 12.1 Å². The predicted octanol–water partition coefficient (Wildman–Crippen LogP) is 1.16. The van der Waals surface area contributed by atoms with Gasteiger partial charge in [-0.1, -0.05) is 0 Å². The number of hydrogen-bond acceptors (Lipinski definition) is 5. The Labute approximate surface area is 156 Å². The van der Waals surface area contributed by atoms with Crippen LogP contribution in [0.5, 0.6) is 0 Å². The summed E-state index contributed by atoms with van der Waals surface area (Å²) in [6, 6.07) is 3.83. The average Bonchev–Trinajstić information content (AvgIpc) is 3.10.